The predicted octanol–water partition coefficient (Wildman–Crippen LogP) is 1.76. The first-order valence-electron chi connectivity index (χ1n) is 7.78. The van der Waals surface area contributed by atoms with Crippen molar-refractivity contribution in [3.05, 3.63) is 23.8 Å². The Morgan fingerprint density at radius 3 is 2.70 bits per heavy atom. The Hall–Kier alpha value is -1.73. The van der Waals surface area contributed by atoms with Crippen molar-refractivity contribution in [2.24, 2.45) is 0 Å². The number of rotatable bonds is 8. The highest BCUT2D eigenvalue weighted by atomic mass is 16.6. The van der Waals surface area contributed by atoms with Gasteiger partial charge in [-0.2, -0.15) is 0 Å². The molecule has 7 nitrogen and oxygen atoms in total. The molecule has 0 fully saturated rings. The first-order chi connectivity index (χ1) is 10.8. The van der Waals surface area contributed by atoms with Gasteiger partial charge in [0.25, 0.3) is 0 Å². The average molecular weight is 324 g/mol. The van der Waals surface area contributed by atoms with Crippen molar-refractivity contribution in [3.8, 4) is 0 Å². The summed E-state index contributed by atoms with van der Waals surface area (Å²) < 4.78 is 10.5. The van der Waals surface area contributed by atoms with Gasteiger partial charge in [-0.3, -0.25) is 0 Å². The van der Waals surface area contributed by atoms with Gasteiger partial charge >= 0.3 is 6.09 Å². The number of aromatic nitrogens is 2. The maximum atomic E-state index is 12.2. The zero-order chi connectivity index (χ0) is 17.3. The van der Waals surface area contributed by atoms with Crippen LogP contribution in [0.1, 0.15) is 32.3 Å². The van der Waals surface area contributed by atoms with Crippen LogP contribution in [-0.2, 0) is 16.0 Å². The molecular weight excluding hydrogens is 296 g/mol. The van der Waals surface area contributed by atoms with E-state index in [1.165, 1.54) is 0 Å². The van der Waals surface area contributed by atoms with Crippen LogP contribution in [0.15, 0.2) is 12.3 Å². The Kier molecular flexibility index (Phi) is 7.91. The van der Waals surface area contributed by atoms with Gasteiger partial charge in [0, 0.05) is 39.5 Å². The summed E-state index contributed by atoms with van der Waals surface area (Å²) in [6.45, 7) is 10.2. The Morgan fingerprint density at radius 1 is 1.35 bits per heavy atom. The van der Waals surface area contributed by atoms with Gasteiger partial charge in [0.15, 0.2) is 0 Å². The third-order valence-electron chi connectivity index (χ3n) is 2.92. The van der Waals surface area contributed by atoms with Gasteiger partial charge < -0.3 is 19.7 Å². The summed E-state index contributed by atoms with van der Waals surface area (Å²) >= 11 is 0. The van der Waals surface area contributed by atoms with Crippen molar-refractivity contribution in [3.63, 3.8) is 0 Å². The van der Waals surface area contributed by atoms with Gasteiger partial charge in [-0.1, -0.05) is 0 Å². The van der Waals surface area contributed by atoms with E-state index in [0.717, 1.165) is 11.5 Å². The Labute approximate surface area is 138 Å². The number of methoxy groups -OCH3 is 1. The minimum atomic E-state index is -0.506. The lowest BCUT2D eigenvalue weighted by molar-refractivity contribution is 0.0204. The number of hydrogen-bond acceptors (Lipinski definition) is 6. The van der Waals surface area contributed by atoms with Crippen molar-refractivity contribution in [2.75, 3.05) is 33.4 Å². The molecule has 0 aliphatic rings. The maximum Gasteiger partial charge on any atom is 0.410 e. The summed E-state index contributed by atoms with van der Waals surface area (Å²) in [6, 6.07) is 1.87. The molecule has 1 amide bonds. The number of ether oxygens (including phenoxy) is 2. The normalized spacial score (nSPS) is 11.3. The van der Waals surface area contributed by atoms with E-state index in [2.05, 4.69) is 15.3 Å². The number of nitrogens with one attached hydrogen (secondary N) is 1. The number of aryl methyl sites for hydroxylation is 1. The molecule has 23 heavy (non-hydrogen) atoms. The monoisotopic (exact) mass is 324 g/mol. The van der Waals surface area contributed by atoms with Crippen LogP contribution in [0.4, 0.5) is 4.79 Å². The highest BCUT2D eigenvalue weighted by Gasteiger charge is 2.21. The van der Waals surface area contributed by atoms with Crippen LogP contribution in [0.25, 0.3) is 0 Å². The lowest BCUT2D eigenvalue weighted by atomic mass is 10.2. The quantitative estimate of drug-likeness (QED) is 0.734. The van der Waals surface area contributed by atoms with E-state index in [-0.39, 0.29) is 6.09 Å². The van der Waals surface area contributed by atoms with Crippen LogP contribution in [0.5, 0.6) is 0 Å². The highest BCUT2D eigenvalue weighted by molar-refractivity contribution is 5.68. The number of carbonyl (C=O) groups is 1. The zero-order valence-corrected chi connectivity index (χ0v) is 14.8. The molecule has 0 aliphatic carbocycles. The molecule has 0 saturated heterocycles. The van der Waals surface area contributed by atoms with E-state index >= 15 is 0 Å². The van der Waals surface area contributed by atoms with Crippen molar-refractivity contribution in [1.82, 2.24) is 20.2 Å². The number of hydrogen-bond donors (Lipinski definition) is 1. The second kappa shape index (κ2) is 9.42. The number of amides is 1. The first-order valence-corrected chi connectivity index (χ1v) is 7.78. The van der Waals surface area contributed by atoms with Gasteiger partial charge in [-0.25, -0.2) is 14.8 Å². The molecule has 0 radical (unpaired) electrons. The predicted molar refractivity (Wildman–Crippen MR) is 88.2 cm³/mol. The summed E-state index contributed by atoms with van der Waals surface area (Å²) in [4.78, 5) is 22.2. The highest BCUT2D eigenvalue weighted by Crippen LogP contribution is 2.09. The Bertz CT molecular complexity index is 488. The van der Waals surface area contributed by atoms with Crippen molar-refractivity contribution in [2.45, 2.75) is 39.8 Å². The van der Waals surface area contributed by atoms with Crippen LogP contribution in [0.3, 0.4) is 0 Å². The largest absolute Gasteiger partial charge is 0.444 e. The van der Waals surface area contributed by atoms with Gasteiger partial charge in [-0.05, 0) is 33.8 Å². The molecule has 1 N–H and O–H groups in total. The van der Waals surface area contributed by atoms with Crippen LogP contribution in [0.2, 0.25) is 0 Å². The number of carbonyl (C=O) groups excluding carboxylic acids is 1. The molecule has 1 aromatic heterocycles. The molecule has 0 unspecified atom stereocenters. The van der Waals surface area contributed by atoms with E-state index in [0.29, 0.717) is 32.8 Å². The fourth-order valence-corrected chi connectivity index (χ4v) is 1.86. The summed E-state index contributed by atoms with van der Waals surface area (Å²) in [5.74, 6) is 0.750. The molecule has 1 heterocycles. The third-order valence-corrected chi connectivity index (χ3v) is 2.92. The third kappa shape index (κ3) is 8.47. The molecule has 1 aromatic rings. The fourth-order valence-electron chi connectivity index (χ4n) is 1.86. The molecule has 7 heteroatoms. The van der Waals surface area contributed by atoms with Crippen molar-refractivity contribution >= 4 is 6.09 Å². The molecule has 0 aliphatic heterocycles. The van der Waals surface area contributed by atoms with Crippen LogP contribution in [-0.4, -0.2) is 59.9 Å². The fraction of sp³-hybridized carbons (Fsp3) is 0.688. The lowest BCUT2D eigenvalue weighted by Gasteiger charge is -2.27. The smallest absolute Gasteiger partial charge is 0.410 e. The van der Waals surface area contributed by atoms with E-state index in [4.69, 9.17) is 9.47 Å². The Morgan fingerprint density at radius 2 is 2.09 bits per heavy atom. The van der Waals surface area contributed by atoms with E-state index in [1.54, 1.807) is 18.2 Å². The Balaban J connectivity index is 2.42. The first kappa shape index (κ1) is 19.3. The maximum absolute atomic E-state index is 12.2. The molecule has 0 saturated carbocycles. The van der Waals surface area contributed by atoms with Crippen LogP contribution in [0, 0.1) is 6.92 Å². The minimum Gasteiger partial charge on any atom is -0.444 e. The molecule has 0 spiro atoms. The topological polar surface area (TPSA) is 76.6 Å². The second-order valence-electron chi connectivity index (χ2n) is 6.23. The van der Waals surface area contributed by atoms with E-state index in [1.807, 2.05) is 33.8 Å². The van der Waals surface area contributed by atoms with Gasteiger partial charge in [0.1, 0.15) is 11.4 Å². The zero-order valence-electron chi connectivity index (χ0n) is 14.8. The molecule has 1 rings (SSSR count). The van der Waals surface area contributed by atoms with E-state index < -0.39 is 5.60 Å². The van der Waals surface area contributed by atoms with Gasteiger partial charge in [0.2, 0.25) is 0 Å². The average Bonchev–Trinajstić information content (AvgIpc) is 2.44. The van der Waals surface area contributed by atoms with Crippen LogP contribution >= 0.6 is 0 Å². The van der Waals surface area contributed by atoms with Gasteiger partial charge in [0.05, 0.1) is 12.3 Å². The van der Waals surface area contributed by atoms with Gasteiger partial charge in [-0.15, -0.1) is 0 Å². The summed E-state index contributed by atoms with van der Waals surface area (Å²) in [6.07, 6.45) is 1.42. The molecule has 0 atom stereocenters. The molecule has 0 aromatic carbocycles. The van der Waals surface area contributed by atoms with Crippen molar-refractivity contribution in [1.29, 1.82) is 0 Å². The van der Waals surface area contributed by atoms with Crippen LogP contribution < -0.4 is 5.32 Å². The molecular formula is C16H28N4O3. The summed E-state index contributed by atoms with van der Waals surface area (Å²) in [7, 11) is 1.61. The lowest BCUT2D eigenvalue weighted by Crippen LogP contribution is -2.42. The van der Waals surface area contributed by atoms with Crippen molar-refractivity contribution < 1.29 is 14.3 Å². The summed E-state index contributed by atoms with van der Waals surface area (Å²) in [5.41, 5.74) is 0.423. The second-order valence-corrected chi connectivity index (χ2v) is 6.23. The standard InChI is InChI=1S/C16H28N4O3/c1-13-18-7-6-14(19-13)12-17-8-9-20(10-11-22-5)15(21)23-16(2,3)4/h6-7,17H,8-12H2,1-5H3. The molecule has 130 valence electrons. The molecule has 0 bridgehead atoms. The van der Waals surface area contributed by atoms with E-state index in [9.17, 15) is 4.79 Å². The SMILES string of the molecule is COCCN(CCNCc1ccnc(C)n1)C(=O)OC(C)(C)C. The minimum absolute atomic E-state index is 0.325. The summed E-state index contributed by atoms with van der Waals surface area (Å²) in [5, 5.41) is 3.27. The number of nitrogens with zero attached hydrogens (tertiary/aromatic N) is 3.